The van der Waals surface area contributed by atoms with Crippen LogP contribution in [0.3, 0.4) is 0 Å². The van der Waals surface area contributed by atoms with Gasteiger partial charge in [-0.2, -0.15) is 0 Å². The lowest BCUT2D eigenvalue weighted by Gasteiger charge is -2.32. The van der Waals surface area contributed by atoms with Gasteiger partial charge in [-0.25, -0.2) is 9.97 Å². The number of anilines is 2. The number of carbonyl (C=O) groups excluding carboxylic acids is 2. The molecule has 3 rings (SSSR count). The molecule has 0 aliphatic carbocycles. The van der Waals surface area contributed by atoms with Crippen molar-refractivity contribution in [2.45, 2.75) is 52.0 Å². The summed E-state index contributed by atoms with van der Waals surface area (Å²) in [6, 6.07) is 1.50. The van der Waals surface area contributed by atoms with Gasteiger partial charge in [-0.1, -0.05) is 13.8 Å². The number of hydrogen-bond donors (Lipinski definition) is 2. The number of nitrogens with one attached hydrogen (secondary N) is 2. The van der Waals surface area contributed by atoms with Crippen LogP contribution in [-0.4, -0.2) is 40.9 Å². The number of piperidine rings is 2. The second-order valence-corrected chi connectivity index (χ2v) is 6.72. The van der Waals surface area contributed by atoms with Gasteiger partial charge in [0.15, 0.2) is 0 Å². The third-order valence-corrected chi connectivity index (χ3v) is 4.62. The summed E-state index contributed by atoms with van der Waals surface area (Å²) in [5, 5.41) is 5.54. The molecule has 2 fully saturated rings. The van der Waals surface area contributed by atoms with Gasteiger partial charge >= 0.3 is 0 Å². The molecule has 7 nitrogen and oxygen atoms in total. The van der Waals surface area contributed by atoms with Gasteiger partial charge < -0.3 is 10.2 Å². The fraction of sp³-hybridized carbons (Fsp3) is 0.647. The molecule has 0 radical (unpaired) electrons. The van der Waals surface area contributed by atoms with E-state index in [4.69, 9.17) is 0 Å². The average molecular weight is 331 g/mol. The first kappa shape index (κ1) is 16.7. The smallest absolute Gasteiger partial charge is 0.249 e. The molecule has 0 spiro atoms. The minimum atomic E-state index is -0.421. The quantitative estimate of drug-likeness (QED) is 0.813. The zero-order chi connectivity index (χ0) is 17.1. The van der Waals surface area contributed by atoms with E-state index in [1.807, 2.05) is 13.0 Å². The molecular weight excluding hydrogens is 306 g/mol. The predicted molar refractivity (Wildman–Crippen MR) is 91.8 cm³/mol. The Morgan fingerprint density at radius 1 is 1.33 bits per heavy atom. The van der Waals surface area contributed by atoms with E-state index in [0.29, 0.717) is 24.6 Å². The Balaban J connectivity index is 1.78. The summed E-state index contributed by atoms with van der Waals surface area (Å²) in [5.74, 6) is 2.51. The highest BCUT2D eigenvalue weighted by Crippen LogP contribution is 2.24. The van der Waals surface area contributed by atoms with Crippen LogP contribution in [0, 0.1) is 5.92 Å². The molecule has 2 aliphatic heterocycles. The van der Waals surface area contributed by atoms with E-state index in [-0.39, 0.29) is 11.8 Å². The molecule has 1 aromatic heterocycles. The molecule has 2 saturated heterocycles. The van der Waals surface area contributed by atoms with Crippen molar-refractivity contribution >= 4 is 23.5 Å². The minimum Gasteiger partial charge on any atom is -0.358 e. The number of aromatic nitrogens is 2. The number of carbonyl (C=O) groups is 2. The maximum atomic E-state index is 11.9. The van der Waals surface area contributed by atoms with E-state index >= 15 is 0 Å². The molecule has 130 valence electrons. The van der Waals surface area contributed by atoms with Crippen molar-refractivity contribution < 1.29 is 9.59 Å². The Bertz CT molecular complexity index is 633. The largest absolute Gasteiger partial charge is 0.358 e. The topological polar surface area (TPSA) is 87.2 Å². The van der Waals surface area contributed by atoms with Crippen LogP contribution in [0.25, 0.3) is 0 Å². The van der Waals surface area contributed by atoms with Gasteiger partial charge in [0, 0.05) is 32.0 Å². The first-order valence-corrected chi connectivity index (χ1v) is 8.78. The maximum Gasteiger partial charge on any atom is 0.249 e. The summed E-state index contributed by atoms with van der Waals surface area (Å²) in [6.45, 7) is 6.28. The van der Waals surface area contributed by atoms with E-state index in [2.05, 4.69) is 32.4 Å². The number of amides is 2. The average Bonchev–Trinajstić information content (AvgIpc) is 2.57. The molecule has 2 amide bonds. The molecule has 0 bridgehead atoms. The lowest BCUT2D eigenvalue weighted by Crippen LogP contribution is -2.47. The van der Waals surface area contributed by atoms with Crippen LogP contribution in [0.5, 0.6) is 0 Å². The number of rotatable bonds is 4. The third kappa shape index (κ3) is 3.83. The van der Waals surface area contributed by atoms with Crippen molar-refractivity contribution in [2.75, 3.05) is 23.3 Å². The zero-order valence-electron chi connectivity index (χ0n) is 14.3. The number of hydrogen-bond acceptors (Lipinski definition) is 6. The van der Waals surface area contributed by atoms with Gasteiger partial charge in [0.05, 0.1) is 0 Å². The van der Waals surface area contributed by atoms with E-state index in [1.54, 1.807) is 0 Å². The first-order chi connectivity index (χ1) is 11.5. The predicted octanol–water partition coefficient (Wildman–Crippen LogP) is 1.49. The fourth-order valence-corrected chi connectivity index (χ4v) is 3.28. The molecule has 2 aliphatic rings. The highest BCUT2D eigenvalue weighted by molar-refractivity contribution is 6.01. The molecule has 7 heteroatoms. The molecule has 2 unspecified atom stereocenters. The maximum absolute atomic E-state index is 11.9. The van der Waals surface area contributed by atoms with Crippen molar-refractivity contribution in [3.05, 3.63) is 11.9 Å². The summed E-state index contributed by atoms with van der Waals surface area (Å²) in [5.41, 5.74) is 0. The van der Waals surface area contributed by atoms with Crippen LogP contribution < -0.4 is 15.5 Å². The lowest BCUT2D eigenvalue weighted by molar-refractivity contribution is -0.133. The number of nitrogens with zero attached hydrogens (tertiary/aromatic N) is 3. The zero-order valence-corrected chi connectivity index (χ0v) is 14.3. The molecule has 2 atom stereocenters. The SMILES string of the molecule is CCc1nc(NC2CCC(=O)NC2=O)cc(N2CCCC(C)C2)n1. The third-order valence-electron chi connectivity index (χ3n) is 4.62. The summed E-state index contributed by atoms with van der Waals surface area (Å²) < 4.78 is 0. The molecule has 0 aromatic carbocycles. The summed E-state index contributed by atoms with van der Waals surface area (Å²) in [4.78, 5) is 34.7. The number of aryl methyl sites for hydroxylation is 1. The number of imide groups is 1. The minimum absolute atomic E-state index is 0.210. The fourth-order valence-electron chi connectivity index (χ4n) is 3.28. The van der Waals surface area contributed by atoms with E-state index in [0.717, 1.165) is 31.2 Å². The normalized spacial score (nSPS) is 24.7. The van der Waals surface area contributed by atoms with Crippen LogP contribution in [0.2, 0.25) is 0 Å². The Morgan fingerprint density at radius 2 is 2.17 bits per heavy atom. The standard InChI is InChI=1S/C17H25N5O2/c1-3-13-19-14(18-12-6-7-16(23)21-17(12)24)9-15(20-13)22-8-4-5-11(2)10-22/h9,11-12H,3-8,10H2,1-2H3,(H,18,19,20)(H,21,23,24). The molecule has 24 heavy (non-hydrogen) atoms. The van der Waals surface area contributed by atoms with E-state index in [9.17, 15) is 9.59 Å². The van der Waals surface area contributed by atoms with Crippen molar-refractivity contribution in [2.24, 2.45) is 5.92 Å². The van der Waals surface area contributed by atoms with Crippen LogP contribution >= 0.6 is 0 Å². The van der Waals surface area contributed by atoms with E-state index in [1.165, 1.54) is 12.8 Å². The lowest BCUT2D eigenvalue weighted by atomic mass is 10.0. The summed E-state index contributed by atoms with van der Waals surface area (Å²) >= 11 is 0. The van der Waals surface area contributed by atoms with Crippen molar-refractivity contribution in [1.82, 2.24) is 15.3 Å². The molecule has 0 saturated carbocycles. The summed E-state index contributed by atoms with van der Waals surface area (Å²) in [7, 11) is 0. The Kier molecular flexibility index (Phi) is 4.97. The van der Waals surface area contributed by atoms with Crippen molar-refractivity contribution in [1.29, 1.82) is 0 Å². The van der Waals surface area contributed by atoms with E-state index < -0.39 is 6.04 Å². The van der Waals surface area contributed by atoms with Crippen LogP contribution in [0.4, 0.5) is 11.6 Å². The van der Waals surface area contributed by atoms with Gasteiger partial charge in [0.25, 0.3) is 0 Å². The van der Waals surface area contributed by atoms with Gasteiger partial charge in [-0.05, 0) is 25.2 Å². The first-order valence-electron chi connectivity index (χ1n) is 8.78. The highest BCUT2D eigenvalue weighted by Gasteiger charge is 2.27. The second-order valence-electron chi connectivity index (χ2n) is 6.72. The van der Waals surface area contributed by atoms with Crippen LogP contribution in [-0.2, 0) is 16.0 Å². The Morgan fingerprint density at radius 3 is 2.88 bits per heavy atom. The van der Waals surface area contributed by atoms with Gasteiger partial charge in [0.1, 0.15) is 23.5 Å². The van der Waals surface area contributed by atoms with Gasteiger partial charge in [-0.15, -0.1) is 0 Å². The monoisotopic (exact) mass is 331 g/mol. The molecule has 3 heterocycles. The van der Waals surface area contributed by atoms with Crippen molar-refractivity contribution in [3.8, 4) is 0 Å². The molecule has 1 aromatic rings. The highest BCUT2D eigenvalue weighted by atomic mass is 16.2. The second kappa shape index (κ2) is 7.15. The van der Waals surface area contributed by atoms with Crippen molar-refractivity contribution in [3.63, 3.8) is 0 Å². The summed E-state index contributed by atoms with van der Waals surface area (Å²) in [6.07, 6.45) is 4.01. The molecular formula is C17H25N5O2. The van der Waals surface area contributed by atoms with Crippen LogP contribution in [0.1, 0.15) is 45.4 Å². The van der Waals surface area contributed by atoms with Crippen LogP contribution in [0.15, 0.2) is 6.07 Å². The molecule has 2 N–H and O–H groups in total. The Labute approximate surface area is 142 Å². The van der Waals surface area contributed by atoms with Gasteiger partial charge in [-0.3, -0.25) is 14.9 Å². The Hall–Kier alpha value is -2.18. The van der Waals surface area contributed by atoms with Gasteiger partial charge in [0.2, 0.25) is 11.8 Å².